The van der Waals surface area contributed by atoms with E-state index >= 15 is 0 Å². The van der Waals surface area contributed by atoms with Crippen LogP contribution in [0.4, 0.5) is 5.69 Å². The van der Waals surface area contributed by atoms with Gasteiger partial charge in [0.1, 0.15) is 11.9 Å². The molecule has 6 nitrogen and oxygen atoms in total. The van der Waals surface area contributed by atoms with Gasteiger partial charge in [0.2, 0.25) is 0 Å². The van der Waals surface area contributed by atoms with Crippen molar-refractivity contribution in [1.82, 2.24) is 0 Å². The molecule has 3 N–H and O–H groups in total. The Morgan fingerprint density at radius 1 is 1.41 bits per heavy atom. The van der Waals surface area contributed by atoms with E-state index < -0.39 is 24.4 Å². The van der Waals surface area contributed by atoms with Crippen molar-refractivity contribution in [2.24, 2.45) is 0 Å². The zero-order valence-corrected chi connectivity index (χ0v) is 9.21. The molecule has 6 heteroatoms. The second-order valence-corrected chi connectivity index (χ2v) is 3.30. The molecular weight excluding hydrogens is 226 g/mol. The summed E-state index contributed by atoms with van der Waals surface area (Å²) < 4.78 is 4.99. The van der Waals surface area contributed by atoms with Gasteiger partial charge in [0.05, 0.1) is 19.2 Å². The molecule has 0 aliphatic carbocycles. The largest absolute Gasteiger partial charge is 0.495 e. The molecule has 0 aliphatic heterocycles. The SMILES string of the molecule is COc1ccccc1NC(=O)C(O)CC(=O)O. The number of nitrogens with one attached hydrogen (secondary N) is 1. The van der Waals surface area contributed by atoms with Crippen molar-refractivity contribution in [3.63, 3.8) is 0 Å². The van der Waals surface area contributed by atoms with Crippen molar-refractivity contribution in [1.29, 1.82) is 0 Å². The molecule has 92 valence electrons. The Kier molecular flexibility index (Phi) is 4.47. The van der Waals surface area contributed by atoms with Gasteiger partial charge in [-0.25, -0.2) is 0 Å². The number of hydrogen-bond acceptors (Lipinski definition) is 4. The molecule has 0 heterocycles. The van der Waals surface area contributed by atoms with E-state index in [1.807, 2.05) is 0 Å². The van der Waals surface area contributed by atoms with Gasteiger partial charge in [0, 0.05) is 0 Å². The Morgan fingerprint density at radius 2 is 2.06 bits per heavy atom. The lowest BCUT2D eigenvalue weighted by atomic mass is 10.2. The molecular formula is C11H13NO5. The number of carboxylic acid groups (broad SMARTS) is 1. The minimum Gasteiger partial charge on any atom is -0.495 e. The van der Waals surface area contributed by atoms with E-state index in [0.29, 0.717) is 11.4 Å². The van der Waals surface area contributed by atoms with E-state index in [-0.39, 0.29) is 0 Å². The highest BCUT2D eigenvalue weighted by Crippen LogP contribution is 2.23. The number of benzene rings is 1. The lowest BCUT2D eigenvalue weighted by Crippen LogP contribution is -2.29. The van der Waals surface area contributed by atoms with Gasteiger partial charge in [0.25, 0.3) is 5.91 Å². The summed E-state index contributed by atoms with van der Waals surface area (Å²) in [5, 5.41) is 20.1. The first-order valence-electron chi connectivity index (χ1n) is 4.88. The van der Waals surface area contributed by atoms with Crippen LogP contribution in [-0.4, -0.2) is 35.3 Å². The number of hydrogen-bond donors (Lipinski definition) is 3. The maximum atomic E-state index is 11.4. The summed E-state index contributed by atoms with van der Waals surface area (Å²) in [4.78, 5) is 21.8. The molecule has 1 aromatic carbocycles. The Balaban J connectivity index is 2.70. The van der Waals surface area contributed by atoms with Gasteiger partial charge in [-0.15, -0.1) is 0 Å². The number of carboxylic acids is 1. The molecule has 0 fully saturated rings. The fourth-order valence-corrected chi connectivity index (χ4v) is 1.22. The Labute approximate surface area is 97.8 Å². The highest BCUT2D eigenvalue weighted by molar-refractivity contribution is 5.96. The Hall–Kier alpha value is -2.08. The average molecular weight is 239 g/mol. The number of aliphatic carboxylic acids is 1. The van der Waals surface area contributed by atoms with Crippen LogP contribution in [0.1, 0.15) is 6.42 Å². The van der Waals surface area contributed by atoms with Crippen LogP contribution in [-0.2, 0) is 9.59 Å². The van der Waals surface area contributed by atoms with Crippen molar-refractivity contribution >= 4 is 17.6 Å². The summed E-state index contributed by atoms with van der Waals surface area (Å²) in [7, 11) is 1.44. The fourth-order valence-electron chi connectivity index (χ4n) is 1.22. The number of methoxy groups -OCH3 is 1. The molecule has 0 radical (unpaired) electrons. The number of anilines is 1. The lowest BCUT2D eigenvalue weighted by Gasteiger charge is -2.12. The van der Waals surface area contributed by atoms with Crippen LogP contribution in [0.3, 0.4) is 0 Å². The van der Waals surface area contributed by atoms with Crippen LogP contribution in [0.25, 0.3) is 0 Å². The van der Waals surface area contributed by atoms with Gasteiger partial charge >= 0.3 is 5.97 Å². The number of para-hydroxylation sites is 2. The van der Waals surface area contributed by atoms with Gasteiger partial charge in [-0.3, -0.25) is 9.59 Å². The summed E-state index contributed by atoms with van der Waals surface area (Å²) >= 11 is 0. The van der Waals surface area contributed by atoms with E-state index in [1.54, 1.807) is 24.3 Å². The summed E-state index contributed by atoms with van der Waals surface area (Å²) in [5.74, 6) is -1.59. The van der Waals surface area contributed by atoms with Gasteiger partial charge in [-0.1, -0.05) is 12.1 Å². The average Bonchev–Trinajstić information content (AvgIpc) is 2.28. The summed E-state index contributed by atoms with van der Waals surface area (Å²) in [6.45, 7) is 0. The van der Waals surface area contributed by atoms with Crippen LogP contribution in [0.2, 0.25) is 0 Å². The minimum atomic E-state index is -1.59. The molecule has 0 aliphatic rings. The van der Waals surface area contributed by atoms with E-state index in [9.17, 15) is 14.7 Å². The van der Waals surface area contributed by atoms with Gasteiger partial charge in [0.15, 0.2) is 0 Å². The third kappa shape index (κ3) is 3.76. The van der Waals surface area contributed by atoms with Crippen LogP contribution < -0.4 is 10.1 Å². The van der Waals surface area contributed by atoms with Gasteiger partial charge in [-0.05, 0) is 12.1 Å². The summed E-state index contributed by atoms with van der Waals surface area (Å²) in [6, 6.07) is 6.63. The first-order valence-corrected chi connectivity index (χ1v) is 4.88. The highest BCUT2D eigenvalue weighted by Gasteiger charge is 2.19. The Bertz CT molecular complexity index is 418. The van der Waals surface area contributed by atoms with E-state index in [4.69, 9.17) is 9.84 Å². The van der Waals surface area contributed by atoms with E-state index in [0.717, 1.165) is 0 Å². The Morgan fingerprint density at radius 3 is 2.65 bits per heavy atom. The quantitative estimate of drug-likeness (QED) is 0.694. The molecule has 1 amide bonds. The van der Waals surface area contributed by atoms with Crippen LogP contribution in [0, 0.1) is 0 Å². The van der Waals surface area contributed by atoms with Crippen molar-refractivity contribution in [2.45, 2.75) is 12.5 Å². The molecule has 1 aromatic rings. The third-order valence-corrected chi connectivity index (χ3v) is 2.04. The molecule has 0 spiro atoms. The highest BCUT2D eigenvalue weighted by atomic mass is 16.5. The van der Waals surface area contributed by atoms with E-state index in [2.05, 4.69) is 5.32 Å². The topological polar surface area (TPSA) is 95.9 Å². The molecule has 0 saturated heterocycles. The lowest BCUT2D eigenvalue weighted by molar-refractivity contribution is -0.142. The van der Waals surface area contributed by atoms with Crippen molar-refractivity contribution in [3.8, 4) is 5.75 Å². The molecule has 1 rings (SSSR count). The molecule has 0 saturated carbocycles. The zero-order valence-electron chi connectivity index (χ0n) is 9.21. The minimum absolute atomic E-state index is 0.379. The number of aliphatic hydroxyl groups is 1. The van der Waals surface area contributed by atoms with Crippen LogP contribution in [0.5, 0.6) is 5.75 Å². The summed E-state index contributed by atoms with van der Waals surface area (Å²) in [5.41, 5.74) is 0.379. The normalized spacial score (nSPS) is 11.6. The molecule has 1 unspecified atom stereocenters. The number of aliphatic hydroxyl groups excluding tert-OH is 1. The standard InChI is InChI=1S/C11H13NO5/c1-17-9-5-3-2-4-7(9)12-11(16)8(13)6-10(14)15/h2-5,8,13H,6H2,1H3,(H,12,16)(H,14,15). The fraction of sp³-hybridized carbons (Fsp3) is 0.273. The predicted octanol–water partition coefficient (Wildman–Crippen LogP) is 0.469. The maximum Gasteiger partial charge on any atom is 0.306 e. The maximum absolute atomic E-state index is 11.4. The van der Waals surface area contributed by atoms with Crippen molar-refractivity contribution in [3.05, 3.63) is 24.3 Å². The number of ether oxygens (including phenoxy) is 1. The first-order chi connectivity index (χ1) is 8.04. The number of rotatable bonds is 5. The van der Waals surface area contributed by atoms with Crippen molar-refractivity contribution < 1.29 is 24.5 Å². The second kappa shape index (κ2) is 5.86. The number of amides is 1. The monoisotopic (exact) mass is 239 g/mol. The predicted molar refractivity (Wildman–Crippen MR) is 59.9 cm³/mol. The number of carbonyl (C=O) groups is 2. The zero-order chi connectivity index (χ0) is 12.8. The van der Waals surface area contributed by atoms with Crippen LogP contribution >= 0.6 is 0 Å². The van der Waals surface area contributed by atoms with Gasteiger partial charge in [-0.2, -0.15) is 0 Å². The smallest absolute Gasteiger partial charge is 0.306 e. The second-order valence-electron chi connectivity index (χ2n) is 3.30. The summed E-state index contributed by atoms with van der Waals surface area (Å²) in [6.07, 6.45) is -2.22. The molecule has 17 heavy (non-hydrogen) atoms. The first kappa shape index (κ1) is 13.0. The molecule has 1 atom stereocenters. The van der Waals surface area contributed by atoms with Gasteiger partial charge < -0.3 is 20.3 Å². The molecule has 0 bridgehead atoms. The third-order valence-electron chi connectivity index (χ3n) is 2.04. The van der Waals surface area contributed by atoms with Crippen molar-refractivity contribution in [2.75, 3.05) is 12.4 Å². The van der Waals surface area contributed by atoms with E-state index in [1.165, 1.54) is 7.11 Å². The molecule has 0 aromatic heterocycles. The number of carbonyl (C=O) groups excluding carboxylic acids is 1. The van der Waals surface area contributed by atoms with Crippen LogP contribution in [0.15, 0.2) is 24.3 Å².